The predicted molar refractivity (Wildman–Crippen MR) is 136 cm³/mol. The highest BCUT2D eigenvalue weighted by molar-refractivity contribution is 6.32. The second-order valence-electron chi connectivity index (χ2n) is 8.03. The highest BCUT2D eigenvalue weighted by atomic mass is 35.5. The van der Waals surface area contributed by atoms with E-state index in [2.05, 4.69) is 20.6 Å². The number of hydrogen-bond acceptors (Lipinski definition) is 9. The Morgan fingerprint density at radius 3 is 2.56 bits per heavy atom. The monoisotopic (exact) mass is 485 g/mol. The topological polar surface area (TPSA) is 109 Å². The SMILES string of the molecule is COc1cc(N(C)CCN(C)C)c([N+](=O)[O-])cc1Nc1ncc(Cl)c(Nc2cccc(C)c2)n1. The number of nitrogens with one attached hydrogen (secondary N) is 2. The third-order valence-electron chi connectivity index (χ3n) is 5.06. The number of rotatable bonds is 10. The van der Waals surface area contributed by atoms with Gasteiger partial charge in [-0.05, 0) is 38.7 Å². The molecule has 3 rings (SSSR count). The van der Waals surface area contributed by atoms with Gasteiger partial charge in [0.1, 0.15) is 16.5 Å². The van der Waals surface area contributed by atoms with Crippen LogP contribution in [0.15, 0.2) is 42.6 Å². The van der Waals surface area contributed by atoms with Crippen molar-refractivity contribution in [3.8, 4) is 5.75 Å². The van der Waals surface area contributed by atoms with Crippen LogP contribution in [0.3, 0.4) is 0 Å². The summed E-state index contributed by atoms with van der Waals surface area (Å²) in [5.41, 5.74) is 2.67. The molecule has 0 aliphatic carbocycles. The third kappa shape index (κ3) is 6.24. The van der Waals surface area contributed by atoms with Crippen molar-refractivity contribution in [1.29, 1.82) is 0 Å². The van der Waals surface area contributed by atoms with E-state index >= 15 is 0 Å². The quantitative estimate of drug-likeness (QED) is 0.308. The number of nitro benzene ring substituents is 1. The van der Waals surface area contributed by atoms with E-state index in [-0.39, 0.29) is 11.6 Å². The van der Waals surface area contributed by atoms with Crippen LogP contribution < -0.4 is 20.3 Å². The molecule has 0 aliphatic rings. The Kier molecular flexibility index (Phi) is 8.08. The van der Waals surface area contributed by atoms with Crippen LogP contribution in [0, 0.1) is 17.0 Å². The number of benzene rings is 2. The fourth-order valence-corrected chi connectivity index (χ4v) is 3.38. The van der Waals surface area contributed by atoms with Crippen molar-refractivity contribution in [2.75, 3.05) is 56.9 Å². The summed E-state index contributed by atoms with van der Waals surface area (Å²) in [5, 5.41) is 18.4. The van der Waals surface area contributed by atoms with Gasteiger partial charge in [-0.15, -0.1) is 0 Å². The van der Waals surface area contributed by atoms with Crippen LogP contribution in [0.5, 0.6) is 5.75 Å². The van der Waals surface area contributed by atoms with Crippen molar-refractivity contribution in [3.05, 3.63) is 63.3 Å². The second-order valence-corrected chi connectivity index (χ2v) is 8.44. The van der Waals surface area contributed by atoms with Crippen molar-refractivity contribution < 1.29 is 9.66 Å². The van der Waals surface area contributed by atoms with Crippen molar-refractivity contribution in [3.63, 3.8) is 0 Å². The first kappa shape index (κ1) is 25.0. The Hall–Kier alpha value is -3.63. The molecule has 0 spiro atoms. The molecule has 1 heterocycles. The van der Waals surface area contributed by atoms with Gasteiger partial charge >= 0.3 is 0 Å². The summed E-state index contributed by atoms with van der Waals surface area (Å²) in [5.74, 6) is 1.03. The summed E-state index contributed by atoms with van der Waals surface area (Å²) in [4.78, 5) is 23.9. The first-order chi connectivity index (χ1) is 16.2. The molecular weight excluding hydrogens is 458 g/mol. The number of anilines is 5. The summed E-state index contributed by atoms with van der Waals surface area (Å²) >= 11 is 6.28. The average molecular weight is 486 g/mol. The normalized spacial score (nSPS) is 10.8. The summed E-state index contributed by atoms with van der Waals surface area (Å²) in [6, 6.07) is 10.8. The molecule has 0 saturated carbocycles. The molecule has 10 nitrogen and oxygen atoms in total. The maximum absolute atomic E-state index is 11.8. The standard InChI is InChI=1S/C23H28ClN7O3/c1-15-7-6-8-16(11-15)26-22-17(24)14-25-23(28-22)27-18-12-20(31(32)33)19(13-21(18)34-5)30(4)10-9-29(2)3/h6-8,11-14H,9-10H2,1-5H3,(H2,25,26,27,28). The number of nitrogens with zero attached hydrogens (tertiary/aromatic N) is 5. The van der Waals surface area contributed by atoms with Gasteiger partial charge in [-0.2, -0.15) is 4.98 Å². The molecule has 0 radical (unpaired) electrons. The lowest BCUT2D eigenvalue weighted by Crippen LogP contribution is -2.28. The zero-order chi connectivity index (χ0) is 24.8. The molecular formula is C23H28ClN7O3. The van der Waals surface area contributed by atoms with Crippen LogP contribution in [0.2, 0.25) is 5.02 Å². The number of methoxy groups -OCH3 is 1. The number of ether oxygens (including phenoxy) is 1. The van der Waals surface area contributed by atoms with Crippen LogP contribution in [0.1, 0.15) is 5.56 Å². The van der Waals surface area contributed by atoms with Crippen LogP contribution in [-0.4, -0.2) is 61.1 Å². The van der Waals surface area contributed by atoms with Crippen LogP contribution in [-0.2, 0) is 0 Å². The molecule has 0 fully saturated rings. The summed E-state index contributed by atoms with van der Waals surface area (Å²) in [6.45, 7) is 3.34. The Labute approximate surface area is 203 Å². The lowest BCUT2D eigenvalue weighted by atomic mass is 10.2. The van der Waals surface area contributed by atoms with E-state index in [4.69, 9.17) is 16.3 Å². The van der Waals surface area contributed by atoms with Crippen molar-refractivity contribution in [2.45, 2.75) is 6.92 Å². The van der Waals surface area contributed by atoms with Gasteiger partial charge in [0.25, 0.3) is 5.69 Å². The number of halogens is 1. The van der Waals surface area contributed by atoms with Gasteiger partial charge in [0.2, 0.25) is 5.95 Å². The average Bonchev–Trinajstić information content (AvgIpc) is 2.79. The van der Waals surface area contributed by atoms with Crippen molar-refractivity contribution in [1.82, 2.24) is 14.9 Å². The van der Waals surface area contributed by atoms with E-state index in [0.717, 1.165) is 17.8 Å². The van der Waals surface area contributed by atoms with Crippen LogP contribution in [0.25, 0.3) is 0 Å². The minimum absolute atomic E-state index is 0.0587. The molecule has 3 aromatic rings. The van der Waals surface area contributed by atoms with E-state index in [1.54, 1.807) is 6.07 Å². The Balaban J connectivity index is 1.92. The highest BCUT2D eigenvalue weighted by Crippen LogP contribution is 2.39. The van der Waals surface area contributed by atoms with Gasteiger partial charge in [-0.25, -0.2) is 4.98 Å². The molecule has 180 valence electrons. The molecule has 2 aromatic carbocycles. The molecule has 0 unspecified atom stereocenters. The fraction of sp³-hybridized carbons (Fsp3) is 0.304. The lowest BCUT2D eigenvalue weighted by molar-refractivity contribution is -0.384. The molecule has 11 heteroatoms. The van der Waals surface area contributed by atoms with Gasteiger partial charge in [0, 0.05) is 38.0 Å². The van der Waals surface area contributed by atoms with E-state index < -0.39 is 4.92 Å². The van der Waals surface area contributed by atoms with Gasteiger partial charge in [0.05, 0.1) is 23.9 Å². The maximum atomic E-state index is 11.8. The number of likely N-dealkylation sites (N-methyl/N-ethyl adjacent to an activating group) is 2. The van der Waals surface area contributed by atoms with Crippen LogP contribution >= 0.6 is 11.6 Å². The number of hydrogen-bond donors (Lipinski definition) is 2. The number of nitro groups is 1. The first-order valence-electron chi connectivity index (χ1n) is 10.5. The van der Waals surface area contributed by atoms with Crippen molar-refractivity contribution in [2.24, 2.45) is 0 Å². The molecule has 1 aromatic heterocycles. The van der Waals surface area contributed by atoms with E-state index in [0.29, 0.717) is 34.5 Å². The fourth-order valence-electron chi connectivity index (χ4n) is 3.24. The highest BCUT2D eigenvalue weighted by Gasteiger charge is 2.22. The van der Waals surface area contributed by atoms with Gasteiger partial charge in [-0.3, -0.25) is 10.1 Å². The van der Waals surface area contributed by atoms with Gasteiger partial charge in [-0.1, -0.05) is 23.7 Å². The molecule has 0 atom stereocenters. The third-order valence-corrected chi connectivity index (χ3v) is 5.34. The number of aryl methyl sites for hydroxylation is 1. The largest absolute Gasteiger partial charge is 0.494 e. The predicted octanol–water partition coefficient (Wildman–Crippen LogP) is 4.84. The second kappa shape index (κ2) is 11.0. The minimum Gasteiger partial charge on any atom is -0.494 e. The molecule has 0 amide bonds. The zero-order valence-corrected chi connectivity index (χ0v) is 20.6. The molecule has 34 heavy (non-hydrogen) atoms. The molecule has 0 bridgehead atoms. The summed E-state index contributed by atoms with van der Waals surface area (Å²) in [7, 11) is 7.21. The number of aromatic nitrogens is 2. The van der Waals surface area contributed by atoms with E-state index in [1.807, 2.05) is 62.1 Å². The van der Waals surface area contributed by atoms with Gasteiger partial charge < -0.3 is 25.2 Å². The maximum Gasteiger partial charge on any atom is 0.294 e. The first-order valence-corrected chi connectivity index (χ1v) is 10.9. The molecule has 0 saturated heterocycles. The lowest BCUT2D eigenvalue weighted by Gasteiger charge is -2.22. The smallest absolute Gasteiger partial charge is 0.294 e. The van der Waals surface area contributed by atoms with Gasteiger partial charge in [0.15, 0.2) is 5.82 Å². The minimum atomic E-state index is -0.417. The molecule has 2 N–H and O–H groups in total. The van der Waals surface area contributed by atoms with E-state index in [1.165, 1.54) is 19.4 Å². The molecule has 0 aliphatic heterocycles. The zero-order valence-electron chi connectivity index (χ0n) is 19.8. The Bertz CT molecular complexity index is 1170. The van der Waals surface area contributed by atoms with Crippen molar-refractivity contribution >= 4 is 46.1 Å². The Morgan fingerprint density at radius 1 is 1.15 bits per heavy atom. The van der Waals surface area contributed by atoms with Crippen LogP contribution in [0.4, 0.5) is 34.5 Å². The summed E-state index contributed by atoms with van der Waals surface area (Å²) in [6.07, 6.45) is 1.46. The Morgan fingerprint density at radius 2 is 1.91 bits per heavy atom. The summed E-state index contributed by atoms with van der Waals surface area (Å²) < 4.78 is 5.51. The van der Waals surface area contributed by atoms with E-state index in [9.17, 15) is 10.1 Å².